The van der Waals surface area contributed by atoms with Crippen LogP contribution >= 0.6 is 15.9 Å². The molecule has 4 heteroatoms. The number of halogens is 1. The fourth-order valence-corrected chi connectivity index (χ4v) is 2.11. The lowest BCUT2D eigenvalue weighted by Gasteiger charge is -2.14. The van der Waals surface area contributed by atoms with E-state index in [0.29, 0.717) is 0 Å². The van der Waals surface area contributed by atoms with Crippen molar-refractivity contribution in [2.24, 2.45) is 0 Å². The van der Waals surface area contributed by atoms with Gasteiger partial charge in [0.25, 0.3) is 0 Å². The van der Waals surface area contributed by atoms with E-state index in [4.69, 9.17) is 4.74 Å². The van der Waals surface area contributed by atoms with Crippen molar-refractivity contribution in [3.05, 3.63) is 22.9 Å². The van der Waals surface area contributed by atoms with Crippen LogP contribution in [0.1, 0.15) is 12.8 Å². The molecule has 0 aromatic carbocycles. The number of aromatic nitrogens is 1. The average molecular weight is 271 g/mol. The van der Waals surface area contributed by atoms with Gasteiger partial charge in [-0.25, -0.2) is 0 Å². The van der Waals surface area contributed by atoms with E-state index in [9.17, 15) is 0 Å². The van der Waals surface area contributed by atoms with Crippen LogP contribution in [0, 0.1) is 0 Å². The van der Waals surface area contributed by atoms with Gasteiger partial charge in [0.05, 0.1) is 6.20 Å². The number of nitrogens with zero attached hydrogens (tertiary/aromatic N) is 2. The SMILES string of the molecule is Brc1cncc(OCCN2CCCC2)c1. The Kier molecular flexibility index (Phi) is 3.97. The molecule has 1 aromatic heterocycles. The standard InChI is InChI=1S/C11H15BrN2O/c12-10-7-11(9-13-8-10)15-6-5-14-3-1-2-4-14/h7-9H,1-6H2. The lowest BCUT2D eigenvalue weighted by Crippen LogP contribution is -2.25. The summed E-state index contributed by atoms with van der Waals surface area (Å²) in [4.78, 5) is 6.49. The maximum Gasteiger partial charge on any atom is 0.138 e. The van der Waals surface area contributed by atoms with Crippen LogP contribution in [0.5, 0.6) is 5.75 Å². The average Bonchev–Trinajstić information content (AvgIpc) is 2.71. The Hall–Kier alpha value is -0.610. The molecule has 1 aromatic rings. The summed E-state index contributed by atoms with van der Waals surface area (Å²) in [6.07, 6.45) is 6.17. The monoisotopic (exact) mass is 270 g/mol. The molecule has 3 nitrogen and oxygen atoms in total. The van der Waals surface area contributed by atoms with Crippen LogP contribution in [0.4, 0.5) is 0 Å². The van der Waals surface area contributed by atoms with Gasteiger partial charge in [0, 0.05) is 17.2 Å². The fourth-order valence-electron chi connectivity index (χ4n) is 1.77. The molecule has 2 rings (SSSR count). The van der Waals surface area contributed by atoms with Crippen molar-refractivity contribution in [1.29, 1.82) is 0 Å². The number of rotatable bonds is 4. The zero-order chi connectivity index (χ0) is 10.5. The molecule has 0 bridgehead atoms. The second kappa shape index (κ2) is 5.47. The van der Waals surface area contributed by atoms with Gasteiger partial charge in [-0.15, -0.1) is 0 Å². The number of hydrogen-bond acceptors (Lipinski definition) is 3. The van der Waals surface area contributed by atoms with E-state index in [-0.39, 0.29) is 0 Å². The summed E-state index contributed by atoms with van der Waals surface area (Å²) in [6, 6.07) is 1.94. The zero-order valence-electron chi connectivity index (χ0n) is 8.66. The van der Waals surface area contributed by atoms with Gasteiger partial charge in [-0.3, -0.25) is 9.88 Å². The molecule has 0 unspecified atom stereocenters. The van der Waals surface area contributed by atoms with Gasteiger partial charge in [-0.1, -0.05) is 0 Å². The van der Waals surface area contributed by atoms with Crippen molar-refractivity contribution in [2.45, 2.75) is 12.8 Å². The molecular formula is C11H15BrN2O. The highest BCUT2D eigenvalue weighted by molar-refractivity contribution is 9.10. The van der Waals surface area contributed by atoms with Gasteiger partial charge in [0.15, 0.2) is 0 Å². The van der Waals surface area contributed by atoms with Gasteiger partial charge in [-0.2, -0.15) is 0 Å². The van der Waals surface area contributed by atoms with Gasteiger partial charge in [-0.05, 0) is 47.9 Å². The summed E-state index contributed by atoms with van der Waals surface area (Å²) in [7, 11) is 0. The third kappa shape index (κ3) is 3.47. The molecule has 1 fully saturated rings. The molecule has 0 N–H and O–H groups in total. The molecule has 0 amide bonds. The van der Waals surface area contributed by atoms with E-state index in [0.717, 1.165) is 23.4 Å². The first kappa shape index (κ1) is 10.9. The summed E-state index contributed by atoms with van der Waals surface area (Å²) < 4.78 is 6.57. The Labute approximate surface area is 98.6 Å². The topological polar surface area (TPSA) is 25.4 Å². The first-order valence-electron chi connectivity index (χ1n) is 5.30. The Morgan fingerprint density at radius 1 is 1.33 bits per heavy atom. The smallest absolute Gasteiger partial charge is 0.138 e. The minimum absolute atomic E-state index is 0.748. The lowest BCUT2D eigenvalue weighted by molar-refractivity contribution is 0.237. The summed E-state index contributed by atoms with van der Waals surface area (Å²) in [5.41, 5.74) is 0. The van der Waals surface area contributed by atoms with Crippen molar-refractivity contribution in [1.82, 2.24) is 9.88 Å². The van der Waals surface area contributed by atoms with E-state index >= 15 is 0 Å². The highest BCUT2D eigenvalue weighted by Gasteiger charge is 2.10. The Morgan fingerprint density at radius 3 is 2.87 bits per heavy atom. The lowest BCUT2D eigenvalue weighted by atomic mass is 10.4. The summed E-state index contributed by atoms with van der Waals surface area (Å²) in [5, 5.41) is 0. The van der Waals surface area contributed by atoms with E-state index in [2.05, 4.69) is 25.8 Å². The van der Waals surface area contributed by atoms with Crippen LogP contribution in [0.25, 0.3) is 0 Å². The molecule has 1 aliphatic heterocycles. The minimum atomic E-state index is 0.748. The molecule has 0 atom stereocenters. The number of likely N-dealkylation sites (tertiary alicyclic amines) is 1. The normalized spacial score (nSPS) is 16.9. The van der Waals surface area contributed by atoms with Gasteiger partial charge < -0.3 is 4.74 Å². The summed E-state index contributed by atoms with van der Waals surface area (Å²) >= 11 is 3.37. The maximum atomic E-state index is 5.61. The van der Waals surface area contributed by atoms with Crippen LogP contribution in [-0.2, 0) is 0 Å². The Balaban J connectivity index is 1.73. The molecule has 82 valence electrons. The quantitative estimate of drug-likeness (QED) is 0.840. The molecular weight excluding hydrogens is 256 g/mol. The van der Waals surface area contributed by atoms with E-state index in [1.165, 1.54) is 25.9 Å². The second-order valence-electron chi connectivity index (χ2n) is 3.74. The van der Waals surface area contributed by atoms with E-state index in [1.807, 2.05) is 6.07 Å². The predicted octanol–water partition coefficient (Wildman–Crippen LogP) is 2.32. The van der Waals surface area contributed by atoms with Crippen LogP contribution in [-0.4, -0.2) is 36.1 Å². The van der Waals surface area contributed by atoms with Crippen LogP contribution in [0.15, 0.2) is 22.9 Å². The fraction of sp³-hybridized carbons (Fsp3) is 0.545. The van der Waals surface area contributed by atoms with Gasteiger partial charge >= 0.3 is 0 Å². The van der Waals surface area contributed by atoms with Crippen LogP contribution in [0.3, 0.4) is 0 Å². The van der Waals surface area contributed by atoms with E-state index < -0.39 is 0 Å². The third-order valence-electron chi connectivity index (χ3n) is 2.55. The largest absolute Gasteiger partial charge is 0.491 e. The minimum Gasteiger partial charge on any atom is -0.491 e. The number of pyridine rings is 1. The Morgan fingerprint density at radius 2 is 2.13 bits per heavy atom. The molecule has 0 saturated carbocycles. The van der Waals surface area contributed by atoms with Gasteiger partial charge in [0.1, 0.15) is 12.4 Å². The molecule has 0 spiro atoms. The van der Waals surface area contributed by atoms with Gasteiger partial charge in [0.2, 0.25) is 0 Å². The summed E-state index contributed by atoms with van der Waals surface area (Å²) in [5.74, 6) is 0.837. The maximum absolute atomic E-state index is 5.61. The molecule has 1 saturated heterocycles. The second-order valence-corrected chi connectivity index (χ2v) is 4.65. The zero-order valence-corrected chi connectivity index (χ0v) is 10.2. The molecule has 0 radical (unpaired) electrons. The molecule has 15 heavy (non-hydrogen) atoms. The Bertz CT molecular complexity index is 313. The molecule has 1 aliphatic rings. The van der Waals surface area contributed by atoms with Crippen LogP contribution in [0.2, 0.25) is 0 Å². The third-order valence-corrected chi connectivity index (χ3v) is 2.99. The summed E-state index contributed by atoms with van der Waals surface area (Å²) in [6.45, 7) is 4.21. The first-order valence-corrected chi connectivity index (χ1v) is 6.09. The number of ether oxygens (including phenoxy) is 1. The molecule has 0 aliphatic carbocycles. The van der Waals surface area contributed by atoms with E-state index in [1.54, 1.807) is 12.4 Å². The molecule has 2 heterocycles. The van der Waals surface area contributed by atoms with Crippen molar-refractivity contribution < 1.29 is 4.74 Å². The van der Waals surface area contributed by atoms with Crippen molar-refractivity contribution in [3.63, 3.8) is 0 Å². The first-order chi connectivity index (χ1) is 7.34. The predicted molar refractivity (Wildman–Crippen MR) is 63.1 cm³/mol. The van der Waals surface area contributed by atoms with Crippen LogP contribution < -0.4 is 4.74 Å². The highest BCUT2D eigenvalue weighted by atomic mass is 79.9. The van der Waals surface area contributed by atoms with Crippen molar-refractivity contribution in [3.8, 4) is 5.75 Å². The van der Waals surface area contributed by atoms with Crippen molar-refractivity contribution in [2.75, 3.05) is 26.2 Å². The number of hydrogen-bond donors (Lipinski definition) is 0. The van der Waals surface area contributed by atoms with Crippen molar-refractivity contribution >= 4 is 15.9 Å². The highest BCUT2D eigenvalue weighted by Crippen LogP contribution is 2.15.